The van der Waals surface area contributed by atoms with Crippen molar-refractivity contribution in [3.05, 3.63) is 255 Å². The lowest BCUT2D eigenvalue weighted by molar-refractivity contribution is 0.647. The van der Waals surface area contributed by atoms with Gasteiger partial charge in [-0.05, 0) is 125 Å². The average Bonchev–Trinajstić information content (AvgIpc) is 3.45. The predicted octanol–water partition coefficient (Wildman–Crippen LogP) is 19.4. The van der Waals surface area contributed by atoms with E-state index in [-0.39, 0.29) is 0 Å². The summed E-state index contributed by atoms with van der Waals surface area (Å²) >= 11 is 0. The summed E-state index contributed by atoms with van der Waals surface area (Å²) in [5.41, 5.74) is 23.5. The maximum atomic E-state index is 7.54. The summed E-state index contributed by atoms with van der Waals surface area (Å²) in [5.74, 6) is 0. The SMILES string of the molecule is c1ccc(-c2ccccc2-c2cc(-c3ccccc3-c3ccccc3)c3oc4ccc5c(-c6ccccc6-c6ccccc6)cc(-c6ccccc6-c6ccccc6)c6oc7ccc2c3c7-c4c56)cc1. The molecule has 0 N–H and O–H groups in total. The standard InChI is InChI=1S/C68H42O2/c1-5-21-43(22-6-1)47-29-13-17-33-51(47)57-41-59(53-35-19-15-31-49(53)45-25-9-3-10-26-45)67-63-55(57)37-39-61-65(63)66-62(69-67)40-38-56-58(52-34-18-14-30-48(52)44-23-7-2-8-24-44)42-60(68(70-61)64(56)66)54-36-20-16-32-50(54)46-27-11-4-12-28-46/h1-42H. The zero-order valence-corrected chi connectivity index (χ0v) is 38.1. The number of benzene rings is 12. The monoisotopic (exact) mass is 890 g/mol. The summed E-state index contributed by atoms with van der Waals surface area (Å²) in [4.78, 5) is 0. The van der Waals surface area contributed by atoms with Crippen molar-refractivity contribution >= 4 is 43.9 Å². The molecule has 0 radical (unpaired) electrons. The molecule has 2 nitrogen and oxygen atoms in total. The molecule has 0 aliphatic carbocycles. The molecule has 2 heterocycles. The second-order valence-corrected chi connectivity index (χ2v) is 18.2. The second-order valence-electron chi connectivity index (χ2n) is 18.2. The normalized spacial score (nSPS) is 11.7. The zero-order chi connectivity index (χ0) is 46.1. The Kier molecular flexibility index (Phi) is 9.25. The van der Waals surface area contributed by atoms with Crippen LogP contribution in [-0.2, 0) is 0 Å². The Hall–Kier alpha value is -9.24. The van der Waals surface area contributed by atoms with E-state index in [1.807, 2.05) is 0 Å². The topological polar surface area (TPSA) is 26.3 Å². The van der Waals surface area contributed by atoms with Crippen LogP contribution in [0.3, 0.4) is 0 Å². The van der Waals surface area contributed by atoms with Crippen LogP contribution in [0.4, 0.5) is 0 Å². The van der Waals surface area contributed by atoms with Gasteiger partial charge in [0.1, 0.15) is 22.3 Å². The molecule has 0 atom stereocenters. The first-order valence-electron chi connectivity index (χ1n) is 24.0. The van der Waals surface area contributed by atoms with Crippen molar-refractivity contribution in [1.29, 1.82) is 0 Å². The Morgan fingerprint density at radius 1 is 0.200 bits per heavy atom. The highest BCUT2D eigenvalue weighted by Gasteiger charge is 2.31. The smallest absolute Gasteiger partial charge is 0.143 e. The van der Waals surface area contributed by atoms with Crippen LogP contribution in [0.15, 0.2) is 264 Å². The highest BCUT2D eigenvalue weighted by atomic mass is 16.3. The number of rotatable bonds is 8. The van der Waals surface area contributed by atoms with Crippen LogP contribution in [0.25, 0.3) is 144 Å². The van der Waals surface area contributed by atoms with E-state index in [9.17, 15) is 0 Å². The molecule has 12 aromatic rings. The quantitative estimate of drug-likeness (QED) is 0.112. The summed E-state index contributed by atoms with van der Waals surface area (Å²) in [6, 6.07) is 91.5. The average molecular weight is 891 g/mol. The zero-order valence-electron chi connectivity index (χ0n) is 38.1. The van der Waals surface area contributed by atoms with Gasteiger partial charge in [0.05, 0.1) is 0 Å². The van der Waals surface area contributed by atoms with Crippen molar-refractivity contribution in [2.75, 3.05) is 0 Å². The van der Waals surface area contributed by atoms with Gasteiger partial charge in [-0.3, -0.25) is 0 Å². The first-order valence-corrected chi connectivity index (χ1v) is 24.0. The Labute approximate surface area is 405 Å². The van der Waals surface area contributed by atoms with Gasteiger partial charge in [-0.1, -0.05) is 218 Å². The molecular formula is C68H42O2. The van der Waals surface area contributed by atoms with Crippen molar-refractivity contribution < 1.29 is 8.83 Å². The third-order valence-corrected chi connectivity index (χ3v) is 14.3. The van der Waals surface area contributed by atoms with E-state index in [2.05, 4.69) is 255 Å². The van der Waals surface area contributed by atoms with Crippen LogP contribution < -0.4 is 0 Å². The highest BCUT2D eigenvalue weighted by Crippen LogP contribution is 2.56. The van der Waals surface area contributed by atoms with Crippen molar-refractivity contribution in [2.24, 2.45) is 0 Å². The van der Waals surface area contributed by atoms with Gasteiger partial charge in [-0.2, -0.15) is 0 Å². The van der Waals surface area contributed by atoms with Gasteiger partial charge in [0, 0.05) is 33.0 Å². The fourth-order valence-electron chi connectivity index (χ4n) is 11.2. The minimum Gasteiger partial charge on any atom is -0.455 e. The lowest BCUT2D eigenvalue weighted by Gasteiger charge is -2.25. The summed E-state index contributed by atoms with van der Waals surface area (Å²) in [6.07, 6.45) is 0. The maximum Gasteiger partial charge on any atom is 0.143 e. The Balaban J connectivity index is 1.15. The Bertz CT molecular complexity index is 3920. The van der Waals surface area contributed by atoms with E-state index in [1.165, 1.54) is 22.3 Å². The minimum atomic E-state index is 0.810. The van der Waals surface area contributed by atoms with Crippen LogP contribution in [0.5, 0.6) is 0 Å². The van der Waals surface area contributed by atoms with Crippen molar-refractivity contribution in [2.45, 2.75) is 0 Å². The molecule has 0 saturated heterocycles. The van der Waals surface area contributed by atoms with Gasteiger partial charge in [0.2, 0.25) is 0 Å². The van der Waals surface area contributed by atoms with Crippen LogP contribution in [0, 0.1) is 0 Å². The van der Waals surface area contributed by atoms with Crippen LogP contribution in [0.1, 0.15) is 0 Å². The van der Waals surface area contributed by atoms with E-state index in [0.29, 0.717) is 0 Å². The van der Waals surface area contributed by atoms with E-state index in [4.69, 9.17) is 8.83 Å². The number of hydrogen-bond donors (Lipinski definition) is 0. The van der Waals surface area contributed by atoms with Crippen molar-refractivity contribution in [3.8, 4) is 100 Å². The van der Waals surface area contributed by atoms with Crippen molar-refractivity contribution in [1.82, 2.24) is 0 Å². The largest absolute Gasteiger partial charge is 0.455 e. The second kappa shape index (κ2) is 16.2. The molecule has 2 aliphatic rings. The molecule has 0 aromatic heterocycles. The predicted molar refractivity (Wildman–Crippen MR) is 292 cm³/mol. The maximum absolute atomic E-state index is 7.54. The molecule has 0 spiro atoms. The fraction of sp³-hybridized carbons (Fsp3) is 0. The van der Waals surface area contributed by atoms with Gasteiger partial charge >= 0.3 is 0 Å². The first-order chi connectivity index (χ1) is 34.8. The highest BCUT2D eigenvalue weighted by molar-refractivity contribution is 6.30. The van der Waals surface area contributed by atoms with Crippen LogP contribution in [0.2, 0.25) is 0 Å². The van der Waals surface area contributed by atoms with E-state index in [0.717, 1.165) is 122 Å². The number of hydrogen-bond acceptors (Lipinski definition) is 2. The molecule has 2 aliphatic heterocycles. The van der Waals surface area contributed by atoms with E-state index < -0.39 is 0 Å². The molecule has 0 fully saturated rings. The molecule has 326 valence electrons. The lowest BCUT2D eigenvalue weighted by atomic mass is 9.81. The fourth-order valence-corrected chi connectivity index (χ4v) is 11.2. The van der Waals surface area contributed by atoms with Gasteiger partial charge in [-0.15, -0.1) is 0 Å². The van der Waals surface area contributed by atoms with Gasteiger partial charge < -0.3 is 8.83 Å². The summed E-state index contributed by atoms with van der Waals surface area (Å²) in [6.45, 7) is 0. The summed E-state index contributed by atoms with van der Waals surface area (Å²) in [5, 5.41) is 4.30. The summed E-state index contributed by atoms with van der Waals surface area (Å²) < 4.78 is 15.1. The van der Waals surface area contributed by atoms with Gasteiger partial charge in [0.25, 0.3) is 0 Å². The van der Waals surface area contributed by atoms with Gasteiger partial charge in [0.15, 0.2) is 0 Å². The van der Waals surface area contributed by atoms with E-state index >= 15 is 0 Å². The van der Waals surface area contributed by atoms with Crippen LogP contribution >= 0.6 is 0 Å². The third kappa shape index (κ3) is 6.27. The molecule has 0 saturated carbocycles. The summed E-state index contributed by atoms with van der Waals surface area (Å²) in [7, 11) is 0. The van der Waals surface area contributed by atoms with Crippen molar-refractivity contribution in [3.63, 3.8) is 0 Å². The molecule has 0 unspecified atom stereocenters. The molecule has 0 bridgehead atoms. The van der Waals surface area contributed by atoms with Gasteiger partial charge in [-0.25, -0.2) is 0 Å². The molecule has 12 aromatic carbocycles. The molecular weight excluding hydrogens is 849 g/mol. The lowest BCUT2D eigenvalue weighted by Crippen LogP contribution is -2.00. The third-order valence-electron chi connectivity index (χ3n) is 14.3. The minimum absolute atomic E-state index is 0.810. The molecule has 14 rings (SSSR count). The van der Waals surface area contributed by atoms with E-state index in [1.54, 1.807) is 0 Å². The Morgan fingerprint density at radius 2 is 0.457 bits per heavy atom. The first kappa shape index (κ1) is 39.9. The molecule has 70 heavy (non-hydrogen) atoms. The Morgan fingerprint density at radius 3 is 0.757 bits per heavy atom. The molecule has 2 heteroatoms. The van der Waals surface area contributed by atoms with Crippen LogP contribution in [-0.4, -0.2) is 0 Å². The molecule has 0 amide bonds.